The molecule has 2 atom stereocenters. The quantitative estimate of drug-likeness (QED) is 0.441. The Bertz CT molecular complexity index is 1080. The average Bonchev–Trinajstić information content (AvgIpc) is 2.96. The minimum absolute atomic E-state index is 0.127. The molecule has 4 nitrogen and oxygen atoms in total. The van der Waals surface area contributed by atoms with Crippen molar-refractivity contribution in [2.45, 2.75) is 31.7 Å². The van der Waals surface area contributed by atoms with Crippen LogP contribution in [-0.4, -0.2) is 28.0 Å². The molecule has 164 valence electrons. The summed E-state index contributed by atoms with van der Waals surface area (Å²) in [7, 11) is 0. The fourth-order valence-corrected chi connectivity index (χ4v) is 5.60. The molecule has 0 saturated carbocycles. The van der Waals surface area contributed by atoms with Crippen molar-refractivity contribution >= 4 is 33.2 Å². The maximum Gasteiger partial charge on any atom is 0.0782 e. The van der Waals surface area contributed by atoms with Crippen molar-refractivity contribution < 1.29 is 0 Å². The summed E-state index contributed by atoms with van der Waals surface area (Å²) in [6.07, 6.45) is 9.76. The lowest BCUT2D eigenvalue weighted by atomic mass is 9.90. The molecule has 3 heterocycles. The fraction of sp³-hybridized carbons (Fsp3) is 0.308. The van der Waals surface area contributed by atoms with Crippen molar-refractivity contribution in [2.24, 2.45) is 5.92 Å². The lowest BCUT2D eigenvalue weighted by molar-refractivity contribution is 0.153. The first-order valence-electron chi connectivity index (χ1n) is 11.1. The van der Waals surface area contributed by atoms with Gasteiger partial charge in [-0.2, -0.15) is 0 Å². The van der Waals surface area contributed by atoms with Gasteiger partial charge in [0.2, 0.25) is 0 Å². The number of hydrogen-bond acceptors (Lipinski definition) is 4. The van der Waals surface area contributed by atoms with E-state index >= 15 is 0 Å². The van der Waals surface area contributed by atoms with Crippen LogP contribution in [0.1, 0.15) is 41.3 Å². The van der Waals surface area contributed by atoms with Gasteiger partial charge in [-0.15, -0.1) is 0 Å². The van der Waals surface area contributed by atoms with E-state index in [9.17, 15) is 0 Å². The largest absolute Gasteiger partial charge is 0.358 e. The highest BCUT2D eigenvalue weighted by molar-refractivity contribution is 9.10. The molecule has 0 amide bonds. The molecule has 1 fully saturated rings. The van der Waals surface area contributed by atoms with Crippen LogP contribution < -0.4 is 5.32 Å². The number of halogens is 2. The Morgan fingerprint density at radius 2 is 2.03 bits per heavy atom. The Morgan fingerprint density at radius 3 is 2.88 bits per heavy atom. The van der Waals surface area contributed by atoms with Crippen molar-refractivity contribution in [1.82, 2.24) is 14.9 Å². The van der Waals surface area contributed by atoms with Gasteiger partial charge in [-0.25, -0.2) is 0 Å². The number of fused-ring (bicyclic) bond motifs is 2. The molecule has 5 rings (SSSR count). The monoisotopic (exact) mass is 508 g/mol. The summed E-state index contributed by atoms with van der Waals surface area (Å²) >= 11 is 10.00. The van der Waals surface area contributed by atoms with Gasteiger partial charge >= 0.3 is 0 Å². The predicted molar refractivity (Wildman–Crippen MR) is 134 cm³/mol. The van der Waals surface area contributed by atoms with Gasteiger partial charge in [0.05, 0.1) is 23.6 Å². The van der Waals surface area contributed by atoms with Gasteiger partial charge in [0.15, 0.2) is 0 Å². The fourth-order valence-electron chi connectivity index (χ4n) is 5.03. The molecule has 1 saturated heterocycles. The first-order chi connectivity index (χ1) is 15.6. The normalized spacial score (nSPS) is 20.7. The van der Waals surface area contributed by atoms with E-state index in [0.717, 1.165) is 59.7 Å². The van der Waals surface area contributed by atoms with Crippen LogP contribution in [0.25, 0.3) is 0 Å². The van der Waals surface area contributed by atoms with E-state index in [1.54, 1.807) is 6.20 Å². The second-order valence-electron chi connectivity index (χ2n) is 8.67. The highest BCUT2D eigenvalue weighted by Gasteiger charge is 2.34. The zero-order valence-electron chi connectivity index (χ0n) is 17.9. The van der Waals surface area contributed by atoms with Crippen molar-refractivity contribution in [3.05, 3.63) is 99.1 Å². The molecule has 0 radical (unpaired) electrons. The lowest BCUT2D eigenvalue weighted by Crippen LogP contribution is -2.40. The number of pyridine rings is 2. The third-order valence-corrected chi connectivity index (χ3v) is 7.24. The van der Waals surface area contributed by atoms with Crippen molar-refractivity contribution in [3.8, 4) is 0 Å². The number of rotatable bonds is 4. The maximum atomic E-state index is 6.38. The Morgan fingerprint density at radius 1 is 1.16 bits per heavy atom. The van der Waals surface area contributed by atoms with Crippen LogP contribution in [0.5, 0.6) is 0 Å². The van der Waals surface area contributed by atoms with Crippen LogP contribution in [0.2, 0.25) is 5.02 Å². The minimum atomic E-state index is 0.127. The molecule has 1 aliphatic carbocycles. The van der Waals surface area contributed by atoms with Crippen LogP contribution in [0.15, 0.2) is 71.7 Å². The predicted octanol–water partition coefficient (Wildman–Crippen LogP) is 6.42. The van der Waals surface area contributed by atoms with E-state index in [1.807, 2.05) is 30.6 Å². The van der Waals surface area contributed by atoms with Crippen LogP contribution in [-0.2, 0) is 12.8 Å². The number of benzene rings is 1. The van der Waals surface area contributed by atoms with Crippen molar-refractivity contribution in [1.29, 1.82) is 0 Å². The first kappa shape index (κ1) is 21.6. The molecular weight excluding hydrogens is 484 g/mol. The zero-order chi connectivity index (χ0) is 22.1. The second-order valence-corrected chi connectivity index (χ2v) is 10.0. The zero-order valence-corrected chi connectivity index (χ0v) is 20.2. The Hall–Kier alpha value is -2.21. The van der Waals surface area contributed by atoms with E-state index in [-0.39, 0.29) is 6.04 Å². The van der Waals surface area contributed by atoms with Gasteiger partial charge in [0.1, 0.15) is 0 Å². The topological polar surface area (TPSA) is 41.1 Å². The van der Waals surface area contributed by atoms with E-state index in [0.29, 0.717) is 5.92 Å². The van der Waals surface area contributed by atoms with Crippen LogP contribution in [0, 0.1) is 5.92 Å². The molecule has 32 heavy (non-hydrogen) atoms. The molecule has 1 N–H and O–H groups in total. The second kappa shape index (κ2) is 9.34. The Kier molecular flexibility index (Phi) is 6.31. The van der Waals surface area contributed by atoms with E-state index in [2.05, 4.69) is 55.9 Å². The molecule has 0 spiro atoms. The average molecular weight is 510 g/mol. The molecule has 0 bridgehead atoms. The molecular formula is C26H26BrClN4. The number of nitrogens with one attached hydrogen (secondary N) is 1. The van der Waals surface area contributed by atoms with E-state index < -0.39 is 0 Å². The first-order valence-corrected chi connectivity index (χ1v) is 12.3. The number of likely N-dealkylation sites (tertiary alicyclic amines) is 1. The number of nitrogens with zero attached hydrogens (tertiary/aromatic N) is 3. The number of piperidine rings is 1. The summed E-state index contributed by atoms with van der Waals surface area (Å²) in [5.41, 5.74) is 7.17. The van der Waals surface area contributed by atoms with Gasteiger partial charge in [0, 0.05) is 40.0 Å². The highest BCUT2D eigenvalue weighted by Crippen LogP contribution is 2.40. The van der Waals surface area contributed by atoms with Gasteiger partial charge < -0.3 is 5.32 Å². The molecule has 3 aromatic rings. The maximum absolute atomic E-state index is 6.38. The SMILES string of the molecule is C=C(Nc1cccnc1)C1CCCN(C2c3ccc(Cl)cc3CCc3cc(Br)cnc32)C1. The summed E-state index contributed by atoms with van der Waals surface area (Å²) in [5.74, 6) is 0.363. The summed E-state index contributed by atoms with van der Waals surface area (Å²) in [6.45, 7) is 6.36. The Labute approximate surface area is 202 Å². The summed E-state index contributed by atoms with van der Waals surface area (Å²) in [4.78, 5) is 11.7. The third kappa shape index (κ3) is 4.47. The van der Waals surface area contributed by atoms with Gasteiger partial charge in [-0.3, -0.25) is 14.9 Å². The number of hydrogen-bond donors (Lipinski definition) is 1. The smallest absolute Gasteiger partial charge is 0.0782 e. The standard InChI is InChI=1S/C26H26BrClN4/c1-17(31-23-5-2-10-29-15-23)20-4-3-11-32(16-20)26-24-9-8-22(28)13-18(24)6-7-19-12-21(27)14-30-25(19)26/h2,5,8-10,12-15,20,26,31H,1,3-4,6-7,11,16H2. The molecule has 2 aliphatic rings. The van der Waals surface area contributed by atoms with Gasteiger partial charge in [0.25, 0.3) is 0 Å². The molecule has 2 aromatic heterocycles. The van der Waals surface area contributed by atoms with Gasteiger partial charge in [-0.1, -0.05) is 24.2 Å². The summed E-state index contributed by atoms with van der Waals surface area (Å²) < 4.78 is 1.03. The number of aryl methyl sites for hydroxylation is 2. The van der Waals surface area contributed by atoms with E-state index in [4.69, 9.17) is 16.6 Å². The molecule has 6 heteroatoms. The molecule has 1 aliphatic heterocycles. The van der Waals surface area contributed by atoms with Crippen LogP contribution in [0.3, 0.4) is 0 Å². The number of aromatic nitrogens is 2. The van der Waals surface area contributed by atoms with Crippen molar-refractivity contribution in [2.75, 3.05) is 18.4 Å². The van der Waals surface area contributed by atoms with Crippen LogP contribution >= 0.6 is 27.5 Å². The van der Waals surface area contributed by atoms with Crippen molar-refractivity contribution in [3.63, 3.8) is 0 Å². The third-order valence-electron chi connectivity index (χ3n) is 6.57. The highest BCUT2D eigenvalue weighted by atomic mass is 79.9. The lowest BCUT2D eigenvalue weighted by Gasteiger charge is -2.39. The molecule has 2 unspecified atom stereocenters. The minimum Gasteiger partial charge on any atom is -0.358 e. The summed E-state index contributed by atoms with van der Waals surface area (Å²) in [6, 6.07) is 12.7. The van der Waals surface area contributed by atoms with E-state index in [1.165, 1.54) is 22.4 Å². The summed E-state index contributed by atoms with van der Waals surface area (Å²) in [5, 5.41) is 4.28. The molecule has 1 aromatic carbocycles. The van der Waals surface area contributed by atoms with Gasteiger partial charge in [-0.05, 0) is 95.2 Å². The van der Waals surface area contributed by atoms with Crippen LogP contribution in [0.4, 0.5) is 5.69 Å². The Balaban J connectivity index is 1.47. The number of anilines is 1.